The van der Waals surface area contributed by atoms with E-state index in [0.717, 1.165) is 36.8 Å². The van der Waals surface area contributed by atoms with Gasteiger partial charge >= 0.3 is 0 Å². The lowest BCUT2D eigenvalue weighted by atomic mass is 10.1. The number of nitrogens with zero attached hydrogens (tertiary/aromatic N) is 2. The molecule has 0 radical (unpaired) electrons. The van der Waals surface area contributed by atoms with E-state index in [1.165, 1.54) is 0 Å². The van der Waals surface area contributed by atoms with E-state index >= 15 is 0 Å². The highest BCUT2D eigenvalue weighted by Gasteiger charge is 2.26. The zero-order valence-electron chi connectivity index (χ0n) is 12.6. The quantitative estimate of drug-likeness (QED) is 0.882. The number of hydrogen-bond donors (Lipinski definition) is 1. The molecule has 1 fully saturated rings. The third kappa shape index (κ3) is 4.17. The molecule has 2 heterocycles. The second-order valence-electron chi connectivity index (χ2n) is 5.23. The number of nitrogens with one attached hydrogen (secondary N) is 1. The number of carbonyl (C=O) groups is 1. The standard InChI is InChI=1S/C15H22BrN3O2/c1-3-6-17-14-13(8-11(16)9-18-14)15(20)19-7-4-5-12(10-19)21-2/h8-9,12H,3-7,10H2,1-2H3,(H,17,18). The first kappa shape index (κ1) is 16.2. The van der Waals surface area contributed by atoms with E-state index in [4.69, 9.17) is 4.74 Å². The summed E-state index contributed by atoms with van der Waals surface area (Å²) in [5.74, 6) is 0.675. The Morgan fingerprint density at radius 1 is 1.62 bits per heavy atom. The van der Waals surface area contributed by atoms with Crippen LogP contribution in [0.1, 0.15) is 36.5 Å². The molecule has 2 rings (SSSR count). The Bertz CT molecular complexity index is 496. The van der Waals surface area contributed by atoms with E-state index < -0.39 is 0 Å². The molecule has 1 aromatic rings. The summed E-state index contributed by atoms with van der Waals surface area (Å²) in [6.45, 7) is 4.31. The number of halogens is 1. The van der Waals surface area contributed by atoms with E-state index in [-0.39, 0.29) is 12.0 Å². The summed E-state index contributed by atoms with van der Waals surface area (Å²) in [6.07, 6.45) is 4.82. The number of likely N-dealkylation sites (tertiary alicyclic amines) is 1. The van der Waals surface area contributed by atoms with Gasteiger partial charge in [0.1, 0.15) is 5.82 Å². The van der Waals surface area contributed by atoms with Crippen LogP contribution in [0.25, 0.3) is 0 Å². The normalized spacial score (nSPS) is 18.6. The minimum atomic E-state index is 0.0177. The Labute approximate surface area is 134 Å². The van der Waals surface area contributed by atoms with Crippen molar-refractivity contribution in [1.29, 1.82) is 0 Å². The number of piperidine rings is 1. The van der Waals surface area contributed by atoms with Gasteiger partial charge < -0.3 is 15.0 Å². The Morgan fingerprint density at radius 3 is 3.14 bits per heavy atom. The summed E-state index contributed by atoms with van der Waals surface area (Å²) in [7, 11) is 1.70. The number of carbonyl (C=O) groups excluding carboxylic acids is 1. The maximum atomic E-state index is 12.8. The van der Waals surface area contributed by atoms with Crippen molar-refractivity contribution in [3.8, 4) is 0 Å². The Balaban J connectivity index is 2.18. The van der Waals surface area contributed by atoms with Gasteiger partial charge in [-0.15, -0.1) is 0 Å². The topological polar surface area (TPSA) is 54.5 Å². The van der Waals surface area contributed by atoms with Gasteiger partial charge in [0.25, 0.3) is 5.91 Å². The van der Waals surface area contributed by atoms with Crippen LogP contribution < -0.4 is 5.32 Å². The molecule has 1 unspecified atom stereocenters. The molecule has 0 aromatic carbocycles. The predicted molar refractivity (Wildman–Crippen MR) is 86.7 cm³/mol. The number of rotatable bonds is 5. The lowest BCUT2D eigenvalue weighted by Crippen LogP contribution is -2.43. The predicted octanol–water partition coefficient (Wildman–Crippen LogP) is 2.92. The lowest BCUT2D eigenvalue weighted by molar-refractivity contribution is 0.0269. The molecule has 1 aromatic heterocycles. The zero-order valence-corrected chi connectivity index (χ0v) is 14.1. The summed E-state index contributed by atoms with van der Waals surface area (Å²) in [5, 5.41) is 3.22. The average Bonchev–Trinajstić information content (AvgIpc) is 2.53. The number of aromatic nitrogens is 1. The van der Waals surface area contributed by atoms with Crippen LogP contribution in [-0.2, 0) is 4.74 Å². The third-order valence-corrected chi connectivity index (χ3v) is 4.06. The highest BCUT2D eigenvalue weighted by Crippen LogP contribution is 2.22. The molecule has 0 bridgehead atoms. The summed E-state index contributed by atoms with van der Waals surface area (Å²) in [4.78, 5) is 19.0. The highest BCUT2D eigenvalue weighted by molar-refractivity contribution is 9.10. The SMILES string of the molecule is CCCNc1ncc(Br)cc1C(=O)N1CCCC(OC)C1. The van der Waals surface area contributed by atoms with Gasteiger partial charge in [0, 0.05) is 37.4 Å². The van der Waals surface area contributed by atoms with Crippen LogP contribution in [0.15, 0.2) is 16.7 Å². The van der Waals surface area contributed by atoms with Crippen molar-refractivity contribution in [3.05, 3.63) is 22.3 Å². The lowest BCUT2D eigenvalue weighted by Gasteiger charge is -2.32. The second-order valence-corrected chi connectivity index (χ2v) is 6.14. The minimum absolute atomic E-state index is 0.0177. The molecule has 21 heavy (non-hydrogen) atoms. The highest BCUT2D eigenvalue weighted by atomic mass is 79.9. The van der Waals surface area contributed by atoms with Crippen LogP contribution >= 0.6 is 15.9 Å². The first-order valence-electron chi connectivity index (χ1n) is 7.37. The zero-order chi connectivity index (χ0) is 15.2. The number of ether oxygens (including phenoxy) is 1. The molecule has 0 spiro atoms. The molecule has 1 saturated heterocycles. The van der Waals surface area contributed by atoms with Crippen LogP contribution in [0.5, 0.6) is 0 Å². The fourth-order valence-corrected chi connectivity index (χ4v) is 2.80. The van der Waals surface area contributed by atoms with Gasteiger partial charge in [-0.05, 0) is 41.3 Å². The van der Waals surface area contributed by atoms with Gasteiger partial charge in [-0.1, -0.05) is 6.92 Å². The summed E-state index contributed by atoms with van der Waals surface area (Å²) in [5.41, 5.74) is 0.620. The molecule has 0 aliphatic carbocycles. The maximum absolute atomic E-state index is 12.8. The first-order valence-corrected chi connectivity index (χ1v) is 8.16. The van der Waals surface area contributed by atoms with Crippen LogP contribution in [0.4, 0.5) is 5.82 Å². The van der Waals surface area contributed by atoms with Crippen molar-refractivity contribution in [1.82, 2.24) is 9.88 Å². The number of methoxy groups -OCH3 is 1. The van der Waals surface area contributed by atoms with E-state index in [9.17, 15) is 4.79 Å². The van der Waals surface area contributed by atoms with Gasteiger partial charge in [-0.2, -0.15) is 0 Å². The van der Waals surface area contributed by atoms with Crippen LogP contribution in [0.2, 0.25) is 0 Å². The van der Waals surface area contributed by atoms with E-state index in [1.54, 1.807) is 13.3 Å². The van der Waals surface area contributed by atoms with Crippen molar-refractivity contribution in [3.63, 3.8) is 0 Å². The monoisotopic (exact) mass is 355 g/mol. The Kier molecular flexibility index (Phi) is 5.99. The molecule has 5 nitrogen and oxygen atoms in total. The fraction of sp³-hybridized carbons (Fsp3) is 0.600. The van der Waals surface area contributed by atoms with Crippen molar-refractivity contribution < 1.29 is 9.53 Å². The van der Waals surface area contributed by atoms with E-state index in [1.807, 2.05) is 11.0 Å². The van der Waals surface area contributed by atoms with Crippen LogP contribution in [0.3, 0.4) is 0 Å². The van der Waals surface area contributed by atoms with Gasteiger partial charge in [0.05, 0.1) is 11.7 Å². The number of anilines is 1. The van der Waals surface area contributed by atoms with E-state index in [2.05, 4.69) is 33.2 Å². The Morgan fingerprint density at radius 2 is 2.43 bits per heavy atom. The second kappa shape index (κ2) is 7.75. The molecular weight excluding hydrogens is 334 g/mol. The fourth-order valence-electron chi connectivity index (χ4n) is 2.47. The summed E-state index contributed by atoms with van der Waals surface area (Å²) >= 11 is 3.40. The van der Waals surface area contributed by atoms with Crippen molar-refractivity contribution >= 4 is 27.7 Å². The first-order chi connectivity index (χ1) is 10.2. The molecule has 1 aliphatic heterocycles. The Hall–Kier alpha value is -1.14. The molecular formula is C15H22BrN3O2. The molecule has 1 aliphatic rings. The molecule has 1 amide bonds. The number of hydrogen-bond acceptors (Lipinski definition) is 4. The molecule has 1 atom stereocenters. The average molecular weight is 356 g/mol. The molecule has 116 valence electrons. The largest absolute Gasteiger partial charge is 0.380 e. The molecule has 1 N–H and O–H groups in total. The van der Waals surface area contributed by atoms with Gasteiger partial charge in [0.2, 0.25) is 0 Å². The van der Waals surface area contributed by atoms with E-state index in [0.29, 0.717) is 17.9 Å². The van der Waals surface area contributed by atoms with Gasteiger partial charge in [-0.25, -0.2) is 4.98 Å². The number of pyridine rings is 1. The number of amides is 1. The van der Waals surface area contributed by atoms with Crippen molar-refractivity contribution in [2.75, 3.05) is 32.1 Å². The van der Waals surface area contributed by atoms with Gasteiger partial charge in [0.15, 0.2) is 0 Å². The third-order valence-electron chi connectivity index (χ3n) is 3.63. The summed E-state index contributed by atoms with van der Waals surface area (Å²) in [6, 6.07) is 1.84. The van der Waals surface area contributed by atoms with Crippen molar-refractivity contribution in [2.24, 2.45) is 0 Å². The van der Waals surface area contributed by atoms with Crippen molar-refractivity contribution in [2.45, 2.75) is 32.3 Å². The van der Waals surface area contributed by atoms with Crippen LogP contribution in [-0.4, -0.2) is 48.6 Å². The molecule has 6 heteroatoms. The molecule has 0 saturated carbocycles. The minimum Gasteiger partial charge on any atom is -0.380 e. The van der Waals surface area contributed by atoms with Gasteiger partial charge in [-0.3, -0.25) is 4.79 Å². The smallest absolute Gasteiger partial charge is 0.257 e. The maximum Gasteiger partial charge on any atom is 0.257 e. The summed E-state index contributed by atoms with van der Waals surface area (Å²) < 4.78 is 6.21. The van der Waals surface area contributed by atoms with Crippen LogP contribution in [0, 0.1) is 0 Å².